The molecular formula is C20H17BrCl2N4O3. The predicted molar refractivity (Wildman–Crippen MR) is 120 cm³/mol. The van der Waals surface area contributed by atoms with Gasteiger partial charge in [-0.1, -0.05) is 29.3 Å². The molecule has 0 spiro atoms. The molecule has 0 radical (unpaired) electrons. The van der Waals surface area contributed by atoms with Crippen LogP contribution in [0.1, 0.15) is 21.6 Å². The van der Waals surface area contributed by atoms with E-state index in [0.29, 0.717) is 38.2 Å². The second-order valence-corrected chi connectivity index (χ2v) is 7.81. The van der Waals surface area contributed by atoms with Crippen molar-refractivity contribution in [2.45, 2.75) is 6.61 Å². The Morgan fingerprint density at radius 3 is 2.70 bits per heavy atom. The van der Waals surface area contributed by atoms with E-state index in [2.05, 4.69) is 31.6 Å². The number of methoxy groups -OCH3 is 1. The van der Waals surface area contributed by atoms with Crippen molar-refractivity contribution in [1.29, 1.82) is 0 Å². The molecule has 0 aliphatic rings. The number of carbonyl (C=O) groups is 1. The SMILES string of the molecule is COc1cc(C=NNC(=O)c2nn(C)cc2Br)ccc1OCc1ccc(Cl)c(Cl)c1. The minimum Gasteiger partial charge on any atom is -0.493 e. The lowest BCUT2D eigenvalue weighted by molar-refractivity contribution is 0.0948. The summed E-state index contributed by atoms with van der Waals surface area (Å²) >= 11 is 15.2. The Bertz CT molecular complexity index is 1100. The van der Waals surface area contributed by atoms with Crippen LogP contribution in [0.5, 0.6) is 11.5 Å². The number of hydrazone groups is 1. The molecule has 7 nitrogen and oxygen atoms in total. The Balaban J connectivity index is 1.64. The molecule has 1 amide bonds. The summed E-state index contributed by atoms with van der Waals surface area (Å²) in [4.78, 5) is 12.1. The lowest BCUT2D eigenvalue weighted by atomic mass is 10.2. The molecule has 1 N–H and O–H groups in total. The van der Waals surface area contributed by atoms with E-state index in [1.807, 2.05) is 6.07 Å². The number of nitrogens with zero attached hydrogens (tertiary/aromatic N) is 3. The molecule has 10 heteroatoms. The second-order valence-electron chi connectivity index (χ2n) is 6.15. The van der Waals surface area contributed by atoms with Crippen LogP contribution >= 0.6 is 39.1 Å². The number of aryl methyl sites for hydroxylation is 1. The first-order valence-corrected chi connectivity index (χ1v) is 10.2. The highest BCUT2D eigenvalue weighted by Gasteiger charge is 2.13. The fourth-order valence-electron chi connectivity index (χ4n) is 2.51. The predicted octanol–water partition coefficient (Wildman–Crippen LogP) is 4.84. The van der Waals surface area contributed by atoms with Gasteiger partial charge in [-0.25, -0.2) is 5.43 Å². The van der Waals surface area contributed by atoms with Gasteiger partial charge in [0.15, 0.2) is 17.2 Å². The van der Waals surface area contributed by atoms with E-state index >= 15 is 0 Å². The van der Waals surface area contributed by atoms with E-state index in [9.17, 15) is 4.79 Å². The maximum absolute atomic E-state index is 12.1. The van der Waals surface area contributed by atoms with Gasteiger partial charge in [-0.15, -0.1) is 0 Å². The van der Waals surface area contributed by atoms with Crippen molar-refractivity contribution in [3.63, 3.8) is 0 Å². The zero-order valence-electron chi connectivity index (χ0n) is 16.0. The van der Waals surface area contributed by atoms with Gasteiger partial charge in [0.05, 0.1) is 27.8 Å². The Morgan fingerprint density at radius 1 is 1.23 bits per heavy atom. The fourth-order valence-corrected chi connectivity index (χ4v) is 3.38. The maximum Gasteiger partial charge on any atom is 0.293 e. The summed E-state index contributed by atoms with van der Waals surface area (Å²) in [7, 11) is 3.27. The first-order chi connectivity index (χ1) is 14.4. The summed E-state index contributed by atoms with van der Waals surface area (Å²) in [6.07, 6.45) is 3.18. The molecule has 3 rings (SSSR count). The minimum absolute atomic E-state index is 0.248. The molecule has 1 heterocycles. The maximum atomic E-state index is 12.1. The first kappa shape index (κ1) is 22.1. The molecule has 30 heavy (non-hydrogen) atoms. The molecule has 0 atom stereocenters. The van der Waals surface area contributed by atoms with Crippen molar-refractivity contribution in [2.75, 3.05) is 7.11 Å². The molecule has 0 saturated carbocycles. The van der Waals surface area contributed by atoms with Crippen molar-refractivity contribution in [2.24, 2.45) is 12.1 Å². The molecule has 0 bridgehead atoms. The van der Waals surface area contributed by atoms with Crippen molar-refractivity contribution in [3.8, 4) is 11.5 Å². The third-order valence-corrected chi connectivity index (χ3v) is 5.26. The molecule has 3 aromatic rings. The summed E-state index contributed by atoms with van der Waals surface area (Å²) in [6.45, 7) is 0.301. The molecule has 156 valence electrons. The van der Waals surface area contributed by atoms with Crippen LogP contribution in [0.4, 0.5) is 0 Å². The summed E-state index contributed by atoms with van der Waals surface area (Å²) in [5, 5.41) is 8.99. The van der Waals surface area contributed by atoms with Crippen LogP contribution in [0.15, 0.2) is 52.2 Å². The van der Waals surface area contributed by atoms with Gasteiger partial charge in [-0.3, -0.25) is 9.48 Å². The third kappa shape index (κ3) is 5.53. The number of hydrogen-bond donors (Lipinski definition) is 1. The lowest BCUT2D eigenvalue weighted by Gasteiger charge is -2.11. The van der Waals surface area contributed by atoms with Gasteiger partial charge < -0.3 is 9.47 Å². The average Bonchev–Trinajstić information content (AvgIpc) is 3.07. The first-order valence-electron chi connectivity index (χ1n) is 8.64. The second kappa shape index (κ2) is 9.97. The minimum atomic E-state index is -0.424. The Labute approximate surface area is 191 Å². The Kier molecular flexibility index (Phi) is 7.36. The molecule has 2 aromatic carbocycles. The number of aromatic nitrogens is 2. The molecule has 0 saturated heterocycles. The van der Waals surface area contributed by atoms with Gasteiger partial charge in [-0.05, 0) is 57.4 Å². The Morgan fingerprint density at radius 2 is 2.03 bits per heavy atom. The van der Waals surface area contributed by atoms with E-state index in [4.69, 9.17) is 32.7 Å². The van der Waals surface area contributed by atoms with Gasteiger partial charge >= 0.3 is 0 Å². The monoisotopic (exact) mass is 510 g/mol. The van der Waals surface area contributed by atoms with Gasteiger partial charge in [0.25, 0.3) is 5.91 Å². The number of halogens is 3. The number of carbonyl (C=O) groups excluding carboxylic acids is 1. The largest absolute Gasteiger partial charge is 0.493 e. The van der Waals surface area contributed by atoms with Crippen LogP contribution in [-0.4, -0.2) is 29.0 Å². The molecule has 0 aliphatic carbocycles. The van der Waals surface area contributed by atoms with Crippen molar-refractivity contribution < 1.29 is 14.3 Å². The van der Waals surface area contributed by atoms with E-state index < -0.39 is 5.91 Å². The number of ether oxygens (including phenoxy) is 2. The van der Waals surface area contributed by atoms with Crippen LogP contribution in [0.2, 0.25) is 10.0 Å². The van der Waals surface area contributed by atoms with Gasteiger partial charge in [-0.2, -0.15) is 10.2 Å². The summed E-state index contributed by atoms with van der Waals surface area (Å²) < 4.78 is 13.3. The highest BCUT2D eigenvalue weighted by atomic mass is 79.9. The highest BCUT2D eigenvalue weighted by Crippen LogP contribution is 2.29. The zero-order chi connectivity index (χ0) is 21.7. The zero-order valence-corrected chi connectivity index (χ0v) is 19.1. The summed E-state index contributed by atoms with van der Waals surface area (Å²) in [5.41, 5.74) is 4.28. The molecular weight excluding hydrogens is 495 g/mol. The van der Waals surface area contributed by atoms with Crippen LogP contribution in [0, 0.1) is 0 Å². The normalized spacial score (nSPS) is 11.0. The number of benzene rings is 2. The highest BCUT2D eigenvalue weighted by molar-refractivity contribution is 9.10. The van der Waals surface area contributed by atoms with E-state index in [1.54, 1.807) is 50.7 Å². The van der Waals surface area contributed by atoms with E-state index in [-0.39, 0.29) is 5.69 Å². The standard InChI is InChI=1S/C20H17BrCl2N4O3/c1-27-10-14(21)19(26-27)20(28)25-24-9-12-4-6-17(18(8-12)29-2)30-11-13-3-5-15(22)16(23)7-13/h3-10H,11H2,1-2H3,(H,25,28). The third-order valence-electron chi connectivity index (χ3n) is 3.94. The lowest BCUT2D eigenvalue weighted by Crippen LogP contribution is -2.19. The van der Waals surface area contributed by atoms with Crippen molar-refractivity contribution in [1.82, 2.24) is 15.2 Å². The van der Waals surface area contributed by atoms with Crippen LogP contribution in [-0.2, 0) is 13.7 Å². The number of rotatable bonds is 7. The van der Waals surface area contributed by atoms with Crippen molar-refractivity contribution in [3.05, 3.63) is 73.9 Å². The van der Waals surface area contributed by atoms with Crippen LogP contribution < -0.4 is 14.9 Å². The topological polar surface area (TPSA) is 77.7 Å². The number of hydrogen-bond acceptors (Lipinski definition) is 5. The van der Waals surface area contributed by atoms with Crippen LogP contribution in [0.3, 0.4) is 0 Å². The molecule has 0 unspecified atom stereocenters. The molecule has 0 fully saturated rings. The molecule has 1 aromatic heterocycles. The summed E-state index contributed by atoms with van der Waals surface area (Å²) in [5.74, 6) is 0.659. The smallest absolute Gasteiger partial charge is 0.293 e. The van der Waals surface area contributed by atoms with E-state index in [1.165, 1.54) is 10.9 Å². The van der Waals surface area contributed by atoms with Gasteiger partial charge in [0.1, 0.15) is 6.61 Å². The number of nitrogens with one attached hydrogen (secondary N) is 1. The number of amides is 1. The van der Waals surface area contributed by atoms with Gasteiger partial charge in [0.2, 0.25) is 0 Å². The van der Waals surface area contributed by atoms with Crippen molar-refractivity contribution >= 4 is 51.3 Å². The quantitative estimate of drug-likeness (QED) is 0.363. The molecule has 0 aliphatic heterocycles. The fraction of sp³-hybridized carbons (Fsp3) is 0.150. The summed E-state index contributed by atoms with van der Waals surface area (Å²) in [6, 6.07) is 10.6. The van der Waals surface area contributed by atoms with Crippen LogP contribution in [0.25, 0.3) is 0 Å². The van der Waals surface area contributed by atoms with Gasteiger partial charge in [0, 0.05) is 13.2 Å². The van der Waals surface area contributed by atoms with E-state index in [0.717, 1.165) is 5.56 Å². The Hall–Kier alpha value is -2.55. The average molecular weight is 512 g/mol.